The predicted octanol–water partition coefficient (Wildman–Crippen LogP) is 6.07. The fraction of sp³-hybridized carbons (Fsp3) is 0.324. The van der Waals surface area contributed by atoms with Gasteiger partial charge in [-0.05, 0) is 43.5 Å². The summed E-state index contributed by atoms with van der Waals surface area (Å²) in [7, 11) is 0. The highest BCUT2D eigenvalue weighted by atomic mass is 19.4. The van der Waals surface area contributed by atoms with Crippen molar-refractivity contribution in [1.29, 1.82) is 0 Å². The number of hydroxylamine groups is 2. The Morgan fingerprint density at radius 2 is 1.59 bits per heavy atom. The van der Waals surface area contributed by atoms with Crippen LogP contribution in [-0.2, 0) is 28.8 Å². The first kappa shape index (κ1) is 32.7. The number of piperazine rings is 1. The molecule has 0 radical (unpaired) electrons. The number of halogens is 3. The molecule has 0 aromatic heterocycles. The van der Waals surface area contributed by atoms with E-state index < -0.39 is 28.6 Å². The van der Waals surface area contributed by atoms with Gasteiger partial charge in [0.05, 0.1) is 21.8 Å². The van der Waals surface area contributed by atoms with Crippen molar-refractivity contribution < 1.29 is 32.5 Å². The molecule has 1 unspecified atom stereocenters. The molecule has 2 aliphatic heterocycles. The molecule has 5 rings (SSSR count). The summed E-state index contributed by atoms with van der Waals surface area (Å²) >= 11 is 0. The van der Waals surface area contributed by atoms with Gasteiger partial charge in [-0.3, -0.25) is 10.1 Å². The van der Waals surface area contributed by atoms with Crippen LogP contribution in [0.3, 0.4) is 0 Å². The summed E-state index contributed by atoms with van der Waals surface area (Å²) in [6, 6.07) is 22.0. The van der Waals surface area contributed by atoms with Gasteiger partial charge in [0.2, 0.25) is 0 Å². The van der Waals surface area contributed by atoms with E-state index in [2.05, 4.69) is 5.32 Å². The van der Waals surface area contributed by atoms with E-state index in [1.165, 1.54) is 17.2 Å². The zero-order valence-electron chi connectivity index (χ0n) is 25.5. The van der Waals surface area contributed by atoms with Crippen molar-refractivity contribution in [3.05, 3.63) is 134 Å². The van der Waals surface area contributed by atoms with Gasteiger partial charge >= 0.3 is 12.1 Å². The number of nitrogens with one attached hydrogen (secondary N) is 1. The summed E-state index contributed by atoms with van der Waals surface area (Å²) in [6.45, 7) is 5.50. The van der Waals surface area contributed by atoms with E-state index in [1.54, 1.807) is 44.2 Å². The van der Waals surface area contributed by atoms with Crippen molar-refractivity contribution in [2.24, 2.45) is 0 Å². The molecular formula is C34H35F3N4O5. The molecule has 1 N–H and O–H groups in total. The van der Waals surface area contributed by atoms with Crippen LogP contribution in [-0.4, -0.2) is 53.6 Å². The molecule has 2 heterocycles. The Hall–Kier alpha value is -4.68. The number of dihydropyridines is 1. The maximum Gasteiger partial charge on any atom is 0.416 e. The Morgan fingerprint density at radius 3 is 2.28 bits per heavy atom. The van der Waals surface area contributed by atoms with Gasteiger partial charge in [0.25, 0.3) is 5.70 Å². The standard InChI is InChI=1S/C34H35F3N4O5/c1-23-30(33(42)46-40-20-18-39(19-21-40)17-16-26-12-6-8-14-28(26)34(35,36)37)31(32(41(43)44)24(2)38-23)27-13-7-9-15-29(27)45-22-25-10-4-3-5-11-25/h3-15,31,38H,16-22H2,1-2H3. The van der Waals surface area contributed by atoms with E-state index in [4.69, 9.17) is 9.57 Å². The first-order valence-electron chi connectivity index (χ1n) is 15.0. The van der Waals surface area contributed by atoms with Crippen LogP contribution >= 0.6 is 0 Å². The topological polar surface area (TPSA) is 97.2 Å². The van der Waals surface area contributed by atoms with Crippen LogP contribution in [0.25, 0.3) is 0 Å². The minimum Gasteiger partial charge on any atom is -0.489 e. The summed E-state index contributed by atoms with van der Waals surface area (Å²) in [5, 5.41) is 16.9. The molecule has 1 atom stereocenters. The average Bonchev–Trinajstić information content (AvgIpc) is 3.03. The first-order valence-corrected chi connectivity index (χ1v) is 15.0. The van der Waals surface area contributed by atoms with Gasteiger partial charge in [-0.25, -0.2) is 4.79 Å². The van der Waals surface area contributed by atoms with Gasteiger partial charge in [-0.2, -0.15) is 13.2 Å². The number of benzene rings is 3. The number of rotatable bonds is 10. The first-order chi connectivity index (χ1) is 22.0. The summed E-state index contributed by atoms with van der Waals surface area (Å²) in [4.78, 5) is 33.5. The molecule has 0 bridgehead atoms. The Kier molecular flexibility index (Phi) is 10.1. The molecule has 1 fully saturated rings. The molecular weight excluding hydrogens is 601 g/mol. The molecule has 46 heavy (non-hydrogen) atoms. The highest BCUT2D eigenvalue weighted by Crippen LogP contribution is 2.42. The largest absolute Gasteiger partial charge is 0.489 e. The summed E-state index contributed by atoms with van der Waals surface area (Å²) in [5.74, 6) is -1.39. The van der Waals surface area contributed by atoms with E-state index in [0.29, 0.717) is 55.4 Å². The Morgan fingerprint density at radius 1 is 0.935 bits per heavy atom. The SMILES string of the molecule is CC1=C(C(=O)ON2CCN(CCc3ccccc3C(F)(F)F)CC2)C(c2ccccc2OCc2ccccc2)C([N+](=O)[O-])=C(C)N1. The fourth-order valence-corrected chi connectivity index (χ4v) is 5.89. The van der Waals surface area contributed by atoms with Crippen molar-refractivity contribution in [3.8, 4) is 5.75 Å². The Balaban J connectivity index is 1.29. The van der Waals surface area contributed by atoms with Crippen LogP contribution in [0.5, 0.6) is 5.75 Å². The third kappa shape index (κ3) is 7.57. The van der Waals surface area contributed by atoms with Gasteiger partial charge < -0.3 is 19.8 Å². The maximum absolute atomic E-state index is 13.8. The van der Waals surface area contributed by atoms with Gasteiger partial charge in [0, 0.05) is 44.0 Å². The number of nitro groups is 1. The van der Waals surface area contributed by atoms with Gasteiger partial charge in [-0.15, -0.1) is 5.06 Å². The lowest BCUT2D eigenvalue weighted by atomic mass is 9.83. The number of para-hydroxylation sites is 1. The number of carbonyl (C=O) groups excluding carboxylic acids is 1. The van der Waals surface area contributed by atoms with E-state index >= 15 is 0 Å². The molecule has 0 aliphatic carbocycles. The second-order valence-corrected chi connectivity index (χ2v) is 11.2. The molecule has 12 heteroatoms. The van der Waals surface area contributed by atoms with Gasteiger partial charge in [0.1, 0.15) is 18.3 Å². The fourth-order valence-electron chi connectivity index (χ4n) is 5.89. The van der Waals surface area contributed by atoms with Crippen LogP contribution < -0.4 is 10.1 Å². The number of hydrogen-bond acceptors (Lipinski definition) is 8. The van der Waals surface area contributed by atoms with Crippen LogP contribution in [0, 0.1) is 10.1 Å². The van der Waals surface area contributed by atoms with Gasteiger partial charge in [0.15, 0.2) is 0 Å². The van der Waals surface area contributed by atoms with E-state index in [9.17, 15) is 28.1 Å². The Bertz CT molecular complexity index is 1630. The molecule has 1 saturated heterocycles. The highest BCUT2D eigenvalue weighted by molar-refractivity contribution is 5.92. The average molecular weight is 637 g/mol. The number of ether oxygens (including phenoxy) is 1. The van der Waals surface area contributed by atoms with Crippen LogP contribution in [0.4, 0.5) is 13.2 Å². The maximum atomic E-state index is 13.8. The molecule has 3 aromatic rings. The zero-order chi connectivity index (χ0) is 32.8. The molecule has 0 spiro atoms. The lowest BCUT2D eigenvalue weighted by Gasteiger charge is -2.34. The third-order valence-corrected chi connectivity index (χ3v) is 8.17. The van der Waals surface area contributed by atoms with E-state index in [0.717, 1.165) is 11.6 Å². The quantitative estimate of drug-likeness (QED) is 0.212. The predicted molar refractivity (Wildman–Crippen MR) is 165 cm³/mol. The van der Waals surface area contributed by atoms with Crippen molar-refractivity contribution in [3.63, 3.8) is 0 Å². The van der Waals surface area contributed by atoms with Crippen molar-refractivity contribution >= 4 is 5.97 Å². The molecule has 3 aromatic carbocycles. The number of allylic oxidation sites excluding steroid dienone is 3. The van der Waals surface area contributed by atoms with Crippen LogP contribution in [0.15, 0.2) is 102 Å². The normalized spacial score (nSPS) is 17.9. The van der Waals surface area contributed by atoms with Crippen molar-refractivity contribution in [1.82, 2.24) is 15.3 Å². The Labute approximate surface area is 265 Å². The number of nitrogens with zero attached hydrogens (tertiary/aromatic N) is 3. The monoisotopic (exact) mass is 636 g/mol. The lowest BCUT2D eigenvalue weighted by molar-refractivity contribution is -0.431. The minimum absolute atomic E-state index is 0.0965. The van der Waals surface area contributed by atoms with Crippen molar-refractivity contribution in [2.75, 3.05) is 32.7 Å². The smallest absolute Gasteiger partial charge is 0.416 e. The molecule has 242 valence electrons. The zero-order valence-corrected chi connectivity index (χ0v) is 25.5. The number of carbonyl (C=O) groups is 1. The minimum atomic E-state index is -4.42. The number of alkyl halides is 3. The summed E-state index contributed by atoms with van der Waals surface area (Å²) < 4.78 is 46.3. The molecule has 9 nitrogen and oxygen atoms in total. The highest BCUT2D eigenvalue weighted by Gasteiger charge is 2.43. The second kappa shape index (κ2) is 14.2. The van der Waals surface area contributed by atoms with E-state index in [-0.39, 0.29) is 29.9 Å². The lowest BCUT2D eigenvalue weighted by Crippen LogP contribution is -2.48. The summed E-state index contributed by atoms with van der Waals surface area (Å²) in [5.41, 5.74) is 1.63. The van der Waals surface area contributed by atoms with Crippen LogP contribution in [0.1, 0.15) is 42.0 Å². The summed E-state index contributed by atoms with van der Waals surface area (Å²) in [6.07, 6.45) is -4.19. The molecule has 0 saturated carbocycles. The van der Waals surface area contributed by atoms with Crippen molar-refractivity contribution in [2.45, 2.75) is 39.0 Å². The molecule has 2 aliphatic rings. The van der Waals surface area contributed by atoms with E-state index in [1.807, 2.05) is 35.2 Å². The second-order valence-electron chi connectivity index (χ2n) is 11.2. The third-order valence-electron chi connectivity index (χ3n) is 8.17. The van der Waals surface area contributed by atoms with Crippen LogP contribution in [0.2, 0.25) is 0 Å². The van der Waals surface area contributed by atoms with Gasteiger partial charge in [-0.1, -0.05) is 66.7 Å². The molecule has 0 amide bonds. The number of hydrogen-bond donors (Lipinski definition) is 1.